The van der Waals surface area contributed by atoms with E-state index in [1.165, 1.54) is 24.3 Å². The predicted octanol–water partition coefficient (Wildman–Crippen LogP) is 4.71. The van der Waals surface area contributed by atoms with E-state index in [4.69, 9.17) is 5.73 Å². The highest BCUT2D eigenvalue weighted by atomic mass is 32.2. The Morgan fingerprint density at radius 1 is 0.780 bits per heavy atom. The minimum absolute atomic E-state index is 0.00237. The molecule has 0 aromatic heterocycles. The number of benzene rings is 4. The molecule has 0 radical (unpaired) electrons. The fourth-order valence-corrected chi connectivity index (χ4v) is 7.38. The molecule has 0 saturated heterocycles. The molecule has 5 N–H and O–H groups in total. The van der Waals surface area contributed by atoms with Gasteiger partial charge in [-0.2, -0.15) is 27.1 Å². The molecule has 0 bridgehead atoms. The van der Waals surface area contributed by atoms with Crippen LogP contribution < -0.4 is 5.73 Å². The van der Waals surface area contributed by atoms with E-state index in [1.807, 2.05) is 0 Å². The second kappa shape index (κ2) is 14.0. The van der Waals surface area contributed by atoms with Gasteiger partial charge in [-0.05, 0) is 66.0 Å². The minimum atomic E-state index is -5.20. The van der Waals surface area contributed by atoms with Crippen LogP contribution in [0.25, 0.3) is 10.8 Å². The quantitative estimate of drug-likeness (QED) is 0.0657. The van der Waals surface area contributed by atoms with Gasteiger partial charge in [0.25, 0.3) is 20.2 Å². The number of hydrogen-bond acceptors (Lipinski definition) is 16. The molecule has 18 nitrogen and oxygen atoms in total. The van der Waals surface area contributed by atoms with Gasteiger partial charge in [-0.1, -0.05) is 6.58 Å². The summed E-state index contributed by atoms with van der Waals surface area (Å²) >= 11 is 0. The van der Waals surface area contributed by atoms with Gasteiger partial charge in [0.1, 0.15) is 27.8 Å². The lowest BCUT2D eigenvalue weighted by Gasteiger charge is -2.14. The van der Waals surface area contributed by atoms with Crippen LogP contribution in [0.2, 0.25) is 0 Å². The van der Waals surface area contributed by atoms with Gasteiger partial charge in [0.15, 0.2) is 25.4 Å². The van der Waals surface area contributed by atoms with E-state index in [1.54, 1.807) is 0 Å². The highest BCUT2D eigenvalue weighted by molar-refractivity contribution is 7.94. The summed E-state index contributed by atoms with van der Waals surface area (Å²) < 4.78 is 123. The number of phenols is 1. The Morgan fingerprint density at radius 2 is 1.24 bits per heavy atom. The van der Waals surface area contributed by atoms with Crippen molar-refractivity contribution < 1.29 is 57.4 Å². The van der Waals surface area contributed by atoms with Gasteiger partial charge < -0.3 is 15.6 Å². The normalized spacial score (nSPS) is 12.9. The lowest BCUT2D eigenvalue weighted by molar-refractivity contribution is -0.140. The van der Waals surface area contributed by atoms with Gasteiger partial charge in [-0.15, -0.1) is 10.2 Å². The molecular weight excluding hydrogens is 743 g/mol. The monoisotopic (exact) mass is 767 g/mol. The van der Waals surface area contributed by atoms with E-state index >= 15 is 0 Å². The van der Waals surface area contributed by atoms with Crippen molar-refractivity contribution in [2.75, 3.05) is 18.1 Å². The zero-order valence-electron chi connectivity index (χ0n) is 25.4. The summed E-state index contributed by atoms with van der Waals surface area (Å²) in [6, 6.07) is 10.8. The number of nitrogens with two attached hydrogens (primary N) is 1. The summed E-state index contributed by atoms with van der Waals surface area (Å²) in [6.45, 7) is 3.96. The number of azo groups is 2. The third-order valence-corrected chi connectivity index (χ3v) is 11.4. The first-order valence-electron chi connectivity index (χ1n) is 13.5. The Bertz CT molecular complexity index is 2540. The van der Waals surface area contributed by atoms with Crippen molar-refractivity contribution in [2.24, 2.45) is 20.5 Å². The second-order valence-electron chi connectivity index (χ2n) is 10.0. The Hall–Kier alpha value is -5.13. The highest BCUT2D eigenvalue weighted by Crippen LogP contribution is 2.48. The maximum absolute atomic E-state index is 12.5. The van der Waals surface area contributed by atoms with Crippen molar-refractivity contribution in [3.63, 3.8) is 0 Å². The molecule has 0 atom stereocenters. The molecule has 4 aromatic carbocycles. The van der Waals surface area contributed by atoms with Gasteiger partial charge in [-0.3, -0.25) is 13.9 Å². The van der Waals surface area contributed by atoms with Crippen molar-refractivity contribution in [3.8, 4) is 5.75 Å². The van der Waals surface area contributed by atoms with E-state index in [-0.39, 0.29) is 27.8 Å². The minimum Gasteiger partial charge on any atom is -0.505 e. The van der Waals surface area contributed by atoms with Crippen LogP contribution in [-0.4, -0.2) is 66.2 Å². The van der Waals surface area contributed by atoms with Gasteiger partial charge >= 0.3 is 5.97 Å². The summed E-state index contributed by atoms with van der Waals surface area (Å²) in [5.74, 6) is -2.20. The maximum atomic E-state index is 12.5. The van der Waals surface area contributed by atoms with Gasteiger partial charge in [-0.25, -0.2) is 16.8 Å². The smallest absolute Gasteiger partial charge is 0.302 e. The molecule has 0 spiro atoms. The van der Waals surface area contributed by atoms with Crippen molar-refractivity contribution in [1.29, 1.82) is 0 Å². The third-order valence-electron chi connectivity index (χ3n) is 6.64. The number of ether oxygens (including phenoxy) is 1. The fourth-order valence-electron chi connectivity index (χ4n) is 4.25. The molecule has 22 heteroatoms. The maximum Gasteiger partial charge on any atom is 0.302 e. The number of aromatic hydroxyl groups is 1. The van der Waals surface area contributed by atoms with Crippen LogP contribution >= 0.6 is 0 Å². The van der Waals surface area contributed by atoms with Crippen LogP contribution in [0.1, 0.15) is 6.92 Å². The van der Waals surface area contributed by atoms with Gasteiger partial charge in [0, 0.05) is 12.3 Å². The first-order valence-corrected chi connectivity index (χ1v) is 19.6. The molecule has 264 valence electrons. The van der Waals surface area contributed by atoms with Crippen molar-refractivity contribution in [2.45, 2.75) is 26.5 Å². The molecule has 0 fully saturated rings. The van der Waals surface area contributed by atoms with Crippen LogP contribution in [0, 0.1) is 0 Å². The average molecular weight is 768 g/mol. The number of esters is 1. The van der Waals surface area contributed by atoms with Crippen LogP contribution in [-0.2, 0) is 49.4 Å². The van der Waals surface area contributed by atoms with Gasteiger partial charge in [0.05, 0.1) is 38.0 Å². The molecule has 0 aliphatic heterocycles. The molecular formula is C28H25N5O13S4. The zero-order valence-corrected chi connectivity index (χ0v) is 28.7. The summed E-state index contributed by atoms with van der Waals surface area (Å²) in [6.07, 6.45) is 0. The third kappa shape index (κ3) is 8.35. The molecule has 0 amide bonds. The number of phenolic OH excluding ortho intramolecular Hbond substituents is 1. The molecule has 0 heterocycles. The predicted molar refractivity (Wildman–Crippen MR) is 177 cm³/mol. The fraction of sp³-hybridized carbons (Fsp3) is 0.107. The van der Waals surface area contributed by atoms with Crippen LogP contribution in [0.5, 0.6) is 5.75 Å². The van der Waals surface area contributed by atoms with Crippen molar-refractivity contribution >= 4 is 85.1 Å². The summed E-state index contributed by atoms with van der Waals surface area (Å²) in [5, 5.41) is 26.2. The van der Waals surface area contributed by atoms with E-state index < -0.39 is 95.0 Å². The lowest BCUT2D eigenvalue weighted by atomic mass is 10.1. The Balaban J connectivity index is 1.83. The summed E-state index contributed by atoms with van der Waals surface area (Å²) in [7, 11) is -18.0. The summed E-state index contributed by atoms with van der Waals surface area (Å²) in [4.78, 5) is 8.59. The highest BCUT2D eigenvalue weighted by Gasteiger charge is 2.28. The van der Waals surface area contributed by atoms with Crippen LogP contribution in [0.15, 0.2) is 113 Å². The Labute approximate surface area is 285 Å². The first kappa shape index (κ1) is 37.7. The average Bonchev–Trinajstić information content (AvgIpc) is 3.02. The second-order valence-corrected chi connectivity index (χ2v) is 16.8. The standard InChI is InChI=1S/C28H25N5O13S4/c1-3-47(36,37)20-8-4-18(5-9-20)30-32-26-22(49(40,41)42)14-17-15-23(50(43,44)45)27(28(35)24(17)25(26)29)33-31-19-6-10-21(11-7-19)48(38,39)13-12-46-16(2)34/h3-11,14-15,35H,1,12-13,29H2,2H3,(H,40,41,42)(H,43,44,45). The first-order chi connectivity index (χ1) is 23.2. The Morgan fingerprint density at radius 3 is 1.70 bits per heavy atom. The molecule has 0 aliphatic carbocycles. The van der Waals surface area contributed by atoms with Crippen LogP contribution in [0.4, 0.5) is 28.4 Å². The number of rotatable bonds is 12. The molecule has 50 heavy (non-hydrogen) atoms. The van der Waals surface area contributed by atoms with E-state index in [0.29, 0.717) is 12.1 Å². The number of nitrogen functional groups attached to an aromatic ring is 1. The SMILES string of the molecule is C=CS(=O)(=O)c1ccc(N=Nc2c(S(=O)(=O)O)cc3cc(S(=O)(=O)O)c(N=Nc4ccc(S(=O)(=O)CCOC(C)=O)cc4)c(O)c3c2N)cc1. The molecule has 0 aliphatic rings. The van der Waals surface area contributed by atoms with Crippen molar-refractivity contribution in [3.05, 3.63) is 72.7 Å². The number of nitrogens with zero attached hydrogens (tertiary/aromatic N) is 4. The van der Waals surface area contributed by atoms with E-state index in [2.05, 4.69) is 31.8 Å². The molecule has 0 unspecified atom stereocenters. The molecule has 4 rings (SSSR count). The summed E-state index contributed by atoms with van der Waals surface area (Å²) in [5.41, 5.74) is 3.88. The largest absolute Gasteiger partial charge is 0.505 e. The van der Waals surface area contributed by atoms with Crippen LogP contribution in [0.3, 0.4) is 0 Å². The van der Waals surface area contributed by atoms with Gasteiger partial charge in [0.2, 0.25) is 0 Å². The number of carbonyl (C=O) groups excluding carboxylic acids is 1. The number of fused-ring (bicyclic) bond motifs is 1. The van der Waals surface area contributed by atoms with Crippen molar-refractivity contribution in [1.82, 2.24) is 0 Å². The number of carbonyl (C=O) groups is 1. The van der Waals surface area contributed by atoms with E-state index in [0.717, 1.165) is 36.6 Å². The molecule has 4 aromatic rings. The Kier molecular flexibility index (Phi) is 10.6. The zero-order chi connectivity index (χ0) is 37.2. The number of sulfone groups is 2. The lowest BCUT2D eigenvalue weighted by Crippen LogP contribution is -2.14. The van der Waals surface area contributed by atoms with E-state index in [9.17, 15) is 52.7 Å². The molecule has 0 saturated carbocycles. The number of anilines is 1. The topological polar surface area (TPSA) is 299 Å². The number of hydrogen-bond donors (Lipinski definition) is 4.